The number of piperidine rings is 1. The van der Waals surface area contributed by atoms with E-state index in [-0.39, 0.29) is 11.8 Å². The Balaban J connectivity index is 1.51. The van der Waals surface area contributed by atoms with E-state index in [9.17, 15) is 8.78 Å². The van der Waals surface area contributed by atoms with Gasteiger partial charge >= 0.3 is 6.61 Å². The van der Waals surface area contributed by atoms with E-state index in [0.29, 0.717) is 0 Å². The molecule has 5 nitrogen and oxygen atoms in total. The van der Waals surface area contributed by atoms with Crippen LogP contribution in [-0.4, -0.2) is 36.1 Å². The van der Waals surface area contributed by atoms with E-state index < -0.39 is 12.3 Å². The van der Waals surface area contributed by atoms with Crippen LogP contribution in [0.15, 0.2) is 52.0 Å². The molecule has 0 radical (unpaired) electrons. The van der Waals surface area contributed by atoms with Gasteiger partial charge in [-0.3, -0.25) is 0 Å². The summed E-state index contributed by atoms with van der Waals surface area (Å²) in [6.45, 7) is -1.08. The van der Waals surface area contributed by atoms with Crippen molar-refractivity contribution >= 4 is 21.6 Å². The van der Waals surface area contributed by atoms with Gasteiger partial charge in [0.15, 0.2) is 0 Å². The minimum absolute atomic E-state index is 0.0846. The maximum Gasteiger partial charge on any atom is 0.387 e. The second kappa shape index (κ2) is 7.25. The first-order valence-electron chi connectivity index (χ1n) is 9.65. The summed E-state index contributed by atoms with van der Waals surface area (Å²) in [6.07, 6.45) is 2.42. The zero-order chi connectivity index (χ0) is 20.0. The molecule has 1 atom stereocenters. The molecule has 152 valence electrons. The van der Waals surface area contributed by atoms with Crippen molar-refractivity contribution < 1.29 is 18.3 Å². The molecule has 29 heavy (non-hydrogen) atoms. The van der Waals surface area contributed by atoms with E-state index in [1.54, 1.807) is 24.3 Å². The van der Waals surface area contributed by atoms with Crippen LogP contribution in [0.3, 0.4) is 0 Å². The second-order valence-corrected chi connectivity index (χ2v) is 8.41. The van der Waals surface area contributed by atoms with Crippen molar-refractivity contribution in [3.63, 3.8) is 0 Å². The van der Waals surface area contributed by atoms with Crippen LogP contribution in [0.2, 0.25) is 0 Å². The molecule has 0 unspecified atom stereocenters. The number of halogens is 3. The maximum absolute atomic E-state index is 12.4. The predicted octanol–water partition coefficient (Wildman–Crippen LogP) is 4.67. The number of rotatable bonds is 3. The predicted molar refractivity (Wildman–Crippen MR) is 108 cm³/mol. The van der Waals surface area contributed by atoms with Crippen LogP contribution in [0.4, 0.5) is 8.78 Å². The standard InChI is InChI=1S/C21H20BrF2N3O2/c22-14-3-6-19-16(11-14)18-12-17(13-1-4-15(5-2-13)28-20(23)24)26-27(18)21(29-19)7-9-25-10-8-21/h1-6,11,18,20,25H,7-10,12H2/t18-/m1/s1. The van der Waals surface area contributed by atoms with Gasteiger partial charge in [0.1, 0.15) is 11.5 Å². The Kier molecular flexibility index (Phi) is 4.70. The van der Waals surface area contributed by atoms with Crippen LogP contribution in [-0.2, 0) is 0 Å². The van der Waals surface area contributed by atoms with Gasteiger partial charge < -0.3 is 14.8 Å². The Morgan fingerprint density at radius 1 is 1.17 bits per heavy atom. The van der Waals surface area contributed by atoms with Gasteiger partial charge in [-0.2, -0.15) is 13.9 Å². The van der Waals surface area contributed by atoms with E-state index in [0.717, 1.165) is 59.4 Å². The Morgan fingerprint density at radius 2 is 1.93 bits per heavy atom. The normalized spacial score (nSPS) is 22.1. The zero-order valence-corrected chi connectivity index (χ0v) is 17.2. The maximum atomic E-state index is 12.4. The molecule has 2 aromatic rings. The average Bonchev–Trinajstić information content (AvgIpc) is 3.17. The number of nitrogens with zero attached hydrogens (tertiary/aromatic N) is 2. The Hall–Kier alpha value is -2.19. The van der Waals surface area contributed by atoms with E-state index in [4.69, 9.17) is 9.84 Å². The van der Waals surface area contributed by atoms with E-state index in [1.807, 2.05) is 12.1 Å². The molecule has 8 heteroatoms. The third kappa shape index (κ3) is 3.38. The SMILES string of the molecule is FC(F)Oc1ccc(C2=NN3[C@H](C2)c2cc(Br)ccc2OC32CCNCC2)cc1. The largest absolute Gasteiger partial charge is 0.466 e. The molecule has 2 aromatic carbocycles. The highest BCUT2D eigenvalue weighted by Crippen LogP contribution is 2.50. The molecule has 3 aliphatic rings. The Labute approximate surface area is 175 Å². The van der Waals surface area contributed by atoms with Gasteiger partial charge in [0.25, 0.3) is 0 Å². The number of fused-ring (bicyclic) bond motifs is 4. The third-order valence-electron chi connectivity index (χ3n) is 5.76. The number of hydrogen-bond donors (Lipinski definition) is 1. The fraction of sp³-hybridized carbons (Fsp3) is 0.381. The van der Waals surface area contributed by atoms with Crippen molar-refractivity contribution in [3.8, 4) is 11.5 Å². The summed E-state index contributed by atoms with van der Waals surface area (Å²) in [5.74, 6) is 1.06. The minimum Gasteiger partial charge on any atom is -0.466 e. The summed E-state index contributed by atoms with van der Waals surface area (Å²) < 4.78 is 36.8. The lowest BCUT2D eigenvalue weighted by Gasteiger charge is -2.49. The number of hydrazone groups is 1. The number of alkyl halides is 2. The fourth-order valence-electron chi connectivity index (χ4n) is 4.40. The summed E-state index contributed by atoms with van der Waals surface area (Å²) in [6, 6.07) is 12.9. The van der Waals surface area contributed by atoms with Crippen molar-refractivity contribution in [3.05, 3.63) is 58.1 Å². The molecule has 0 aromatic heterocycles. The van der Waals surface area contributed by atoms with Gasteiger partial charge in [0, 0.05) is 42.4 Å². The van der Waals surface area contributed by atoms with Crippen LogP contribution in [0.25, 0.3) is 0 Å². The Morgan fingerprint density at radius 3 is 2.66 bits per heavy atom. The van der Waals surface area contributed by atoms with Crippen LogP contribution in [0.1, 0.15) is 36.4 Å². The molecule has 1 saturated heterocycles. The highest BCUT2D eigenvalue weighted by atomic mass is 79.9. The molecule has 3 heterocycles. The van der Waals surface area contributed by atoms with Gasteiger partial charge in [-0.05, 0) is 48.0 Å². The van der Waals surface area contributed by atoms with Crippen molar-refractivity contribution in [1.82, 2.24) is 10.3 Å². The summed E-state index contributed by atoms with van der Waals surface area (Å²) in [4.78, 5) is 0. The molecule has 3 aliphatic heterocycles. The van der Waals surface area contributed by atoms with Gasteiger partial charge in [-0.15, -0.1) is 0 Å². The van der Waals surface area contributed by atoms with Crippen molar-refractivity contribution in [1.29, 1.82) is 0 Å². The first-order valence-corrected chi connectivity index (χ1v) is 10.4. The first kappa shape index (κ1) is 18.8. The van der Waals surface area contributed by atoms with Gasteiger partial charge in [-0.1, -0.05) is 15.9 Å². The molecular weight excluding hydrogens is 444 g/mol. The highest BCUT2D eigenvalue weighted by Gasteiger charge is 2.50. The lowest BCUT2D eigenvalue weighted by atomic mass is 9.91. The van der Waals surface area contributed by atoms with Crippen LogP contribution in [0, 0.1) is 0 Å². The number of hydrogen-bond acceptors (Lipinski definition) is 5. The molecule has 0 bridgehead atoms. The van der Waals surface area contributed by atoms with E-state index in [1.165, 1.54) is 0 Å². The number of ether oxygens (including phenoxy) is 2. The number of benzene rings is 2. The summed E-state index contributed by atoms with van der Waals surface area (Å²) >= 11 is 3.57. The topological polar surface area (TPSA) is 46.1 Å². The van der Waals surface area contributed by atoms with Crippen molar-refractivity contribution in [2.75, 3.05) is 13.1 Å². The van der Waals surface area contributed by atoms with Crippen molar-refractivity contribution in [2.24, 2.45) is 5.10 Å². The minimum atomic E-state index is -2.83. The van der Waals surface area contributed by atoms with E-state index >= 15 is 0 Å². The summed E-state index contributed by atoms with van der Waals surface area (Å²) in [7, 11) is 0. The smallest absolute Gasteiger partial charge is 0.387 e. The van der Waals surface area contributed by atoms with Crippen LogP contribution >= 0.6 is 15.9 Å². The monoisotopic (exact) mass is 463 g/mol. The quantitative estimate of drug-likeness (QED) is 0.717. The number of nitrogens with one attached hydrogen (secondary N) is 1. The molecule has 1 spiro atoms. The van der Waals surface area contributed by atoms with Gasteiger partial charge in [0.05, 0.1) is 11.8 Å². The molecule has 0 amide bonds. The zero-order valence-electron chi connectivity index (χ0n) is 15.6. The molecule has 1 fully saturated rings. The molecule has 0 aliphatic carbocycles. The van der Waals surface area contributed by atoms with E-state index in [2.05, 4.69) is 37.1 Å². The lowest BCUT2D eigenvalue weighted by Crippen LogP contribution is -2.58. The second-order valence-electron chi connectivity index (χ2n) is 7.49. The molecular formula is C21H20BrF2N3O2. The third-order valence-corrected chi connectivity index (χ3v) is 6.25. The fourth-order valence-corrected chi connectivity index (χ4v) is 4.78. The van der Waals surface area contributed by atoms with Crippen molar-refractivity contribution in [2.45, 2.75) is 37.6 Å². The summed E-state index contributed by atoms with van der Waals surface area (Å²) in [5.41, 5.74) is 2.48. The van der Waals surface area contributed by atoms with Gasteiger partial charge in [0.2, 0.25) is 5.72 Å². The Bertz CT molecular complexity index is 945. The highest BCUT2D eigenvalue weighted by molar-refractivity contribution is 9.10. The summed E-state index contributed by atoms with van der Waals surface area (Å²) in [5, 5.41) is 10.5. The van der Waals surface area contributed by atoms with Gasteiger partial charge in [-0.25, -0.2) is 5.01 Å². The van der Waals surface area contributed by atoms with Crippen LogP contribution in [0.5, 0.6) is 11.5 Å². The molecule has 1 N–H and O–H groups in total. The first-order chi connectivity index (χ1) is 14.0. The van der Waals surface area contributed by atoms with Crippen LogP contribution < -0.4 is 14.8 Å². The lowest BCUT2D eigenvalue weighted by molar-refractivity contribution is -0.136. The average molecular weight is 464 g/mol. The molecule has 0 saturated carbocycles. The molecule has 5 rings (SSSR count).